The topological polar surface area (TPSA) is 133 Å². The molecule has 0 spiro atoms. The number of ether oxygens (including phenoxy) is 2. The average molecular weight is 448 g/mol. The van der Waals surface area contributed by atoms with Crippen molar-refractivity contribution in [2.75, 3.05) is 26.8 Å². The van der Waals surface area contributed by atoms with E-state index in [9.17, 15) is 28.1 Å². The van der Waals surface area contributed by atoms with E-state index in [4.69, 9.17) is 9.47 Å². The van der Waals surface area contributed by atoms with Gasteiger partial charge in [0.15, 0.2) is 12.4 Å². The van der Waals surface area contributed by atoms with Crippen LogP contribution in [0, 0.1) is 10.1 Å². The summed E-state index contributed by atoms with van der Waals surface area (Å²) >= 11 is 0. The van der Waals surface area contributed by atoms with E-state index >= 15 is 0 Å². The maximum atomic E-state index is 12.5. The van der Waals surface area contributed by atoms with Crippen molar-refractivity contribution in [2.24, 2.45) is 0 Å². The number of nitro groups is 1. The van der Waals surface area contributed by atoms with Crippen molar-refractivity contribution in [3.63, 3.8) is 0 Å². The Bertz CT molecular complexity index is 1110. The first-order valence-electron chi connectivity index (χ1n) is 9.37. The maximum absolute atomic E-state index is 12.5. The molecule has 1 heterocycles. The lowest BCUT2D eigenvalue weighted by atomic mass is 10.1. The third kappa shape index (κ3) is 4.89. The van der Waals surface area contributed by atoms with Crippen LogP contribution in [0.3, 0.4) is 0 Å². The monoisotopic (exact) mass is 448 g/mol. The summed E-state index contributed by atoms with van der Waals surface area (Å²) < 4.78 is 36.5. The molecule has 0 unspecified atom stereocenters. The number of nitro benzene ring substituents is 1. The van der Waals surface area contributed by atoms with Gasteiger partial charge in [-0.1, -0.05) is 0 Å². The number of hydrogen-bond donors (Lipinski definition) is 0. The fourth-order valence-electron chi connectivity index (χ4n) is 3.15. The summed E-state index contributed by atoms with van der Waals surface area (Å²) in [5, 5.41) is 10.9. The number of non-ortho nitro benzene ring substituents is 1. The molecule has 0 radical (unpaired) electrons. The molecule has 2 aromatic carbocycles. The molecule has 0 bridgehead atoms. The largest absolute Gasteiger partial charge is 0.496 e. The summed E-state index contributed by atoms with van der Waals surface area (Å²) in [6.07, 6.45) is 1.63. The molecule has 3 rings (SSSR count). The quantitative estimate of drug-likeness (QED) is 0.260. The number of Topliss-reactive ketones (excluding diaryl/α,β-unsaturated/α-hetero) is 1. The van der Waals surface area contributed by atoms with Gasteiger partial charge in [0.1, 0.15) is 11.3 Å². The van der Waals surface area contributed by atoms with Gasteiger partial charge in [0, 0.05) is 30.8 Å². The normalized spacial score (nSPS) is 14.2. The smallest absolute Gasteiger partial charge is 0.342 e. The number of carbonyl (C=O) groups excluding carboxylic acids is 2. The molecular formula is C20H20N2O8S. The minimum Gasteiger partial charge on any atom is -0.496 e. The number of hydrogen-bond acceptors (Lipinski definition) is 8. The minimum atomic E-state index is -3.59. The molecule has 0 atom stereocenters. The van der Waals surface area contributed by atoms with Crippen LogP contribution in [0.1, 0.15) is 33.6 Å². The number of nitrogens with zero attached hydrogens (tertiary/aromatic N) is 2. The molecule has 0 aromatic heterocycles. The highest BCUT2D eigenvalue weighted by Gasteiger charge is 2.27. The molecule has 0 amide bonds. The van der Waals surface area contributed by atoms with Crippen molar-refractivity contribution in [1.29, 1.82) is 0 Å². The highest BCUT2D eigenvalue weighted by molar-refractivity contribution is 7.89. The highest BCUT2D eigenvalue weighted by atomic mass is 32.2. The number of carbonyl (C=O) groups is 2. The Morgan fingerprint density at radius 3 is 2.32 bits per heavy atom. The number of ketones is 1. The van der Waals surface area contributed by atoms with E-state index in [2.05, 4.69) is 0 Å². The maximum Gasteiger partial charge on any atom is 0.342 e. The SMILES string of the molecule is COc1ccc([N+](=O)[O-])cc1C(=O)OCC(=O)c1ccc(S(=O)(=O)N2CCCC2)cc1. The van der Waals surface area contributed by atoms with Crippen LogP contribution in [0.25, 0.3) is 0 Å². The first-order valence-corrected chi connectivity index (χ1v) is 10.8. The molecule has 1 saturated heterocycles. The Hall–Kier alpha value is -3.31. The first kappa shape index (κ1) is 22.4. The van der Waals surface area contributed by atoms with E-state index in [-0.39, 0.29) is 27.5 Å². The second kappa shape index (κ2) is 9.23. The zero-order valence-corrected chi connectivity index (χ0v) is 17.5. The first-order chi connectivity index (χ1) is 14.7. The molecule has 1 fully saturated rings. The lowest BCUT2D eigenvalue weighted by Gasteiger charge is -2.15. The molecular weight excluding hydrogens is 428 g/mol. The van der Waals surface area contributed by atoms with Crippen LogP contribution < -0.4 is 4.74 Å². The lowest BCUT2D eigenvalue weighted by Crippen LogP contribution is -2.27. The van der Waals surface area contributed by atoms with E-state index in [0.717, 1.165) is 18.9 Å². The summed E-state index contributed by atoms with van der Waals surface area (Å²) in [7, 11) is -2.30. The Balaban J connectivity index is 1.68. The van der Waals surface area contributed by atoms with Gasteiger partial charge in [0.25, 0.3) is 5.69 Å². The average Bonchev–Trinajstić information content (AvgIpc) is 3.32. The number of rotatable bonds is 8. The zero-order chi connectivity index (χ0) is 22.6. The van der Waals surface area contributed by atoms with Crippen LogP contribution in [0.15, 0.2) is 47.4 Å². The van der Waals surface area contributed by atoms with Gasteiger partial charge in [0.05, 0.1) is 16.9 Å². The van der Waals surface area contributed by atoms with Gasteiger partial charge in [-0.05, 0) is 43.2 Å². The number of methoxy groups -OCH3 is 1. The van der Waals surface area contributed by atoms with Crippen molar-refractivity contribution < 1.29 is 32.4 Å². The van der Waals surface area contributed by atoms with Crippen LogP contribution >= 0.6 is 0 Å². The third-order valence-electron chi connectivity index (χ3n) is 4.83. The van der Waals surface area contributed by atoms with Crippen molar-refractivity contribution in [1.82, 2.24) is 4.31 Å². The van der Waals surface area contributed by atoms with Crippen molar-refractivity contribution in [3.8, 4) is 5.75 Å². The molecule has 164 valence electrons. The molecule has 1 aliphatic rings. The van der Waals surface area contributed by atoms with Crippen LogP contribution in [0.2, 0.25) is 0 Å². The van der Waals surface area contributed by atoms with E-state index in [1.54, 1.807) is 0 Å². The van der Waals surface area contributed by atoms with Crippen molar-refractivity contribution >= 4 is 27.5 Å². The molecule has 11 heteroatoms. The standard InChI is InChI=1S/C20H20N2O8S/c1-29-19-9-6-15(22(25)26)12-17(19)20(24)30-13-18(23)14-4-7-16(8-5-14)31(27,28)21-10-2-3-11-21/h4-9,12H,2-3,10-11,13H2,1H3. The summed E-state index contributed by atoms with van der Waals surface area (Å²) in [6.45, 7) is 0.322. The van der Waals surface area contributed by atoms with Crippen LogP contribution in [-0.2, 0) is 14.8 Å². The van der Waals surface area contributed by atoms with E-state index in [0.29, 0.717) is 13.1 Å². The number of benzene rings is 2. The van der Waals surface area contributed by atoms with Crippen LogP contribution in [-0.4, -0.2) is 56.2 Å². The Morgan fingerprint density at radius 1 is 1.10 bits per heavy atom. The zero-order valence-electron chi connectivity index (χ0n) is 16.6. The second-order valence-electron chi connectivity index (χ2n) is 6.78. The molecule has 2 aromatic rings. The van der Waals surface area contributed by atoms with Crippen molar-refractivity contribution in [2.45, 2.75) is 17.7 Å². The Kier molecular flexibility index (Phi) is 6.66. The van der Waals surface area contributed by atoms with Crippen LogP contribution in [0.5, 0.6) is 5.75 Å². The summed E-state index contributed by atoms with van der Waals surface area (Å²) in [6, 6.07) is 8.83. The van der Waals surface area contributed by atoms with Gasteiger partial charge in [-0.15, -0.1) is 0 Å². The predicted octanol–water partition coefficient (Wildman–Crippen LogP) is 2.43. The van der Waals surface area contributed by atoms with Gasteiger partial charge in [0.2, 0.25) is 10.0 Å². The molecule has 10 nitrogen and oxygen atoms in total. The number of sulfonamides is 1. The van der Waals surface area contributed by atoms with Gasteiger partial charge < -0.3 is 9.47 Å². The van der Waals surface area contributed by atoms with E-state index in [1.807, 2.05) is 0 Å². The van der Waals surface area contributed by atoms with Gasteiger partial charge in [-0.25, -0.2) is 13.2 Å². The van der Waals surface area contributed by atoms with Gasteiger partial charge >= 0.3 is 5.97 Å². The fraction of sp³-hybridized carbons (Fsp3) is 0.300. The molecule has 0 aliphatic carbocycles. The summed E-state index contributed by atoms with van der Waals surface area (Å²) in [4.78, 5) is 35.0. The Labute approximate surface area is 178 Å². The minimum absolute atomic E-state index is 0.0690. The molecule has 31 heavy (non-hydrogen) atoms. The third-order valence-corrected chi connectivity index (χ3v) is 6.74. The Morgan fingerprint density at radius 2 is 1.74 bits per heavy atom. The highest BCUT2D eigenvalue weighted by Crippen LogP contribution is 2.25. The van der Waals surface area contributed by atoms with E-state index in [1.165, 1.54) is 47.8 Å². The number of esters is 1. The summed E-state index contributed by atoms with van der Waals surface area (Å²) in [5.41, 5.74) is -0.343. The van der Waals surface area contributed by atoms with Crippen LogP contribution in [0.4, 0.5) is 5.69 Å². The predicted molar refractivity (Wildman–Crippen MR) is 109 cm³/mol. The fourth-order valence-corrected chi connectivity index (χ4v) is 4.67. The molecule has 1 aliphatic heterocycles. The van der Waals surface area contributed by atoms with E-state index < -0.39 is 33.3 Å². The molecule has 0 saturated carbocycles. The van der Waals surface area contributed by atoms with Gasteiger partial charge in [-0.2, -0.15) is 4.31 Å². The molecule has 0 N–H and O–H groups in total. The second-order valence-corrected chi connectivity index (χ2v) is 8.71. The lowest BCUT2D eigenvalue weighted by molar-refractivity contribution is -0.384. The van der Waals surface area contributed by atoms with Crippen molar-refractivity contribution in [3.05, 3.63) is 63.7 Å². The van der Waals surface area contributed by atoms with Gasteiger partial charge in [-0.3, -0.25) is 14.9 Å². The summed E-state index contributed by atoms with van der Waals surface area (Å²) in [5.74, 6) is -1.44.